The monoisotopic (exact) mass is 432 g/mol. The number of oxazole rings is 1. The average molecular weight is 433 g/mol. The number of aromatic nitrogens is 1. The molecule has 166 valence electrons. The molecule has 1 fully saturated rings. The van der Waals surface area contributed by atoms with Crippen molar-refractivity contribution >= 4 is 5.88 Å². The van der Waals surface area contributed by atoms with Gasteiger partial charge >= 0.3 is 0 Å². The molecule has 0 radical (unpaired) electrons. The third kappa shape index (κ3) is 5.28. The van der Waals surface area contributed by atoms with Gasteiger partial charge in [0.2, 0.25) is 17.5 Å². The van der Waals surface area contributed by atoms with Crippen LogP contribution in [0.2, 0.25) is 0 Å². The summed E-state index contributed by atoms with van der Waals surface area (Å²) in [6, 6.07) is 18.6. The topological polar surface area (TPSA) is 83.5 Å². The highest BCUT2D eigenvalue weighted by atomic mass is 16.5. The van der Waals surface area contributed by atoms with Crippen molar-refractivity contribution in [3.05, 3.63) is 76.8 Å². The van der Waals surface area contributed by atoms with E-state index in [2.05, 4.69) is 39.5 Å². The second kappa shape index (κ2) is 10.3. The quantitative estimate of drug-likeness (QED) is 0.570. The summed E-state index contributed by atoms with van der Waals surface area (Å²) in [4.78, 5) is 6.69. The van der Waals surface area contributed by atoms with Crippen LogP contribution in [0.15, 0.2) is 52.9 Å². The number of ether oxygens (including phenoxy) is 2. The fourth-order valence-electron chi connectivity index (χ4n) is 3.93. The van der Waals surface area contributed by atoms with Crippen LogP contribution in [-0.4, -0.2) is 42.7 Å². The standard InChI is InChI=1S/C25H28N4O3/c1-18-8-9-23(19(2)14-18)31-17-24-28-21(15-26)25(32-24)27-16-22(20-6-4-3-5-7-20)29-10-12-30-13-11-29/h3-9,14,22,27H,10-13,16-17H2,1-2H3. The van der Waals surface area contributed by atoms with E-state index in [1.165, 1.54) is 11.1 Å². The van der Waals surface area contributed by atoms with Crippen LogP contribution < -0.4 is 10.1 Å². The number of benzene rings is 2. The molecule has 0 aliphatic carbocycles. The first kappa shape index (κ1) is 21.9. The normalized spacial score (nSPS) is 15.2. The number of rotatable bonds is 8. The Balaban J connectivity index is 1.45. The molecule has 1 aliphatic heterocycles. The van der Waals surface area contributed by atoms with Crippen molar-refractivity contribution in [1.29, 1.82) is 5.26 Å². The summed E-state index contributed by atoms with van der Waals surface area (Å²) in [6.07, 6.45) is 0. The van der Waals surface area contributed by atoms with E-state index in [0.717, 1.165) is 37.6 Å². The molecule has 32 heavy (non-hydrogen) atoms. The molecule has 2 aromatic carbocycles. The number of morpholine rings is 1. The minimum atomic E-state index is 0.131. The smallest absolute Gasteiger partial charge is 0.236 e. The molecule has 1 aliphatic rings. The van der Waals surface area contributed by atoms with Crippen molar-refractivity contribution in [2.75, 3.05) is 38.2 Å². The number of nitrogens with zero attached hydrogens (tertiary/aromatic N) is 3. The lowest BCUT2D eigenvalue weighted by Crippen LogP contribution is -2.41. The summed E-state index contributed by atoms with van der Waals surface area (Å²) in [7, 11) is 0. The molecule has 0 saturated carbocycles. The highest BCUT2D eigenvalue weighted by Gasteiger charge is 2.24. The van der Waals surface area contributed by atoms with Gasteiger partial charge in [0.15, 0.2) is 6.61 Å². The average Bonchev–Trinajstić information content (AvgIpc) is 3.22. The molecule has 7 nitrogen and oxygen atoms in total. The minimum Gasteiger partial charge on any atom is -0.484 e. The summed E-state index contributed by atoms with van der Waals surface area (Å²) in [5, 5.41) is 12.9. The highest BCUT2D eigenvalue weighted by Crippen LogP contribution is 2.25. The van der Waals surface area contributed by atoms with E-state index in [0.29, 0.717) is 18.3 Å². The molecule has 3 aromatic rings. The lowest BCUT2D eigenvalue weighted by atomic mass is 10.0. The first-order valence-electron chi connectivity index (χ1n) is 10.8. The van der Waals surface area contributed by atoms with Crippen LogP contribution in [-0.2, 0) is 11.3 Å². The predicted molar refractivity (Wildman–Crippen MR) is 122 cm³/mol. The summed E-state index contributed by atoms with van der Waals surface area (Å²) in [6.45, 7) is 7.94. The molecule has 4 rings (SSSR count). The molecule has 2 heterocycles. The van der Waals surface area contributed by atoms with Gasteiger partial charge in [0, 0.05) is 19.6 Å². The number of aryl methyl sites for hydroxylation is 2. The molecular formula is C25H28N4O3. The second-order valence-electron chi connectivity index (χ2n) is 7.91. The first-order chi connectivity index (χ1) is 15.6. The Morgan fingerprint density at radius 1 is 1.16 bits per heavy atom. The fourth-order valence-corrected chi connectivity index (χ4v) is 3.93. The van der Waals surface area contributed by atoms with Crippen molar-refractivity contribution < 1.29 is 13.9 Å². The zero-order valence-corrected chi connectivity index (χ0v) is 18.5. The van der Waals surface area contributed by atoms with Crippen LogP contribution in [0, 0.1) is 25.2 Å². The molecule has 1 N–H and O–H groups in total. The lowest BCUT2D eigenvalue weighted by Gasteiger charge is -2.34. The molecule has 1 aromatic heterocycles. The number of nitrogens with one attached hydrogen (secondary N) is 1. The summed E-state index contributed by atoms with van der Waals surface area (Å²) in [5.74, 6) is 1.52. The van der Waals surface area contributed by atoms with Crippen LogP contribution in [0.5, 0.6) is 5.75 Å². The van der Waals surface area contributed by atoms with E-state index in [-0.39, 0.29) is 18.3 Å². The van der Waals surface area contributed by atoms with Crippen molar-refractivity contribution in [2.45, 2.75) is 26.5 Å². The Labute approximate surface area is 188 Å². The van der Waals surface area contributed by atoms with Crippen molar-refractivity contribution in [2.24, 2.45) is 0 Å². The Hall–Kier alpha value is -3.34. The summed E-state index contributed by atoms with van der Waals surface area (Å²) >= 11 is 0. The van der Waals surface area contributed by atoms with Crippen molar-refractivity contribution in [1.82, 2.24) is 9.88 Å². The van der Waals surface area contributed by atoms with Gasteiger partial charge in [-0.15, -0.1) is 0 Å². The molecule has 1 unspecified atom stereocenters. The van der Waals surface area contributed by atoms with E-state index in [1.807, 2.05) is 44.2 Å². The predicted octanol–water partition coefficient (Wildman–Crippen LogP) is 4.23. The molecule has 7 heteroatoms. The van der Waals surface area contributed by atoms with Gasteiger partial charge in [0.05, 0.1) is 19.3 Å². The molecule has 1 atom stereocenters. The Morgan fingerprint density at radius 3 is 2.66 bits per heavy atom. The van der Waals surface area contributed by atoms with Crippen LogP contribution in [0.3, 0.4) is 0 Å². The third-order valence-electron chi connectivity index (χ3n) is 5.59. The van der Waals surface area contributed by atoms with E-state index in [4.69, 9.17) is 13.9 Å². The first-order valence-corrected chi connectivity index (χ1v) is 10.8. The van der Waals surface area contributed by atoms with Gasteiger partial charge in [0.1, 0.15) is 11.8 Å². The van der Waals surface area contributed by atoms with Crippen molar-refractivity contribution in [3.8, 4) is 11.8 Å². The lowest BCUT2D eigenvalue weighted by molar-refractivity contribution is 0.0186. The molecule has 1 saturated heterocycles. The number of nitriles is 1. The maximum absolute atomic E-state index is 9.54. The van der Waals surface area contributed by atoms with E-state index >= 15 is 0 Å². The maximum Gasteiger partial charge on any atom is 0.236 e. The summed E-state index contributed by atoms with van der Waals surface area (Å²) < 4.78 is 17.2. The van der Waals surface area contributed by atoms with Gasteiger partial charge in [-0.1, -0.05) is 48.0 Å². The molecular weight excluding hydrogens is 404 g/mol. The highest BCUT2D eigenvalue weighted by molar-refractivity contribution is 5.46. The largest absolute Gasteiger partial charge is 0.484 e. The molecule has 0 bridgehead atoms. The van der Waals surface area contributed by atoms with Crippen molar-refractivity contribution in [3.63, 3.8) is 0 Å². The fraction of sp³-hybridized carbons (Fsp3) is 0.360. The zero-order chi connectivity index (χ0) is 22.3. The van der Waals surface area contributed by atoms with Crippen LogP contribution in [0.4, 0.5) is 5.88 Å². The number of hydrogen-bond acceptors (Lipinski definition) is 7. The Bertz CT molecular complexity index is 1070. The SMILES string of the molecule is Cc1ccc(OCc2nc(C#N)c(NCC(c3ccccc3)N3CCOCC3)o2)c(C)c1. The third-order valence-corrected chi connectivity index (χ3v) is 5.59. The number of anilines is 1. The second-order valence-corrected chi connectivity index (χ2v) is 7.91. The van der Waals surface area contributed by atoms with E-state index in [1.54, 1.807) is 0 Å². The van der Waals surface area contributed by atoms with Gasteiger partial charge in [-0.2, -0.15) is 10.2 Å². The van der Waals surface area contributed by atoms with Crippen LogP contribution in [0.25, 0.3) is 0 Å². The van der Waals surface area contributed by atoms with Gasteiger partial charge in [-0.3, -0.25) is 4.90 Å². The number of hydrogen-bond donors (Lipinski definition) is 1. The van der Waals surface area contributed by atoms with Gasteiger partial charge in [0.25, 0.3) is 0 Å². The van der Waals surface area contributed by atoms with Gasteiger partial charge in [-0.25, -0.2) is 0 Å². The van der Waals surface area contributed by atoms with Gasteiger partial charge < -0.3 is 19.2 Å². The maximum atomic E-state index is 9.54. The molecule has 0 spiro atoms. The minimum absolute atomic E-state index is 0.131. The summed E-state index contributed by atoms with van der Waals surface area (Å²) in [5.41, 5.74) is 3.67. The van der Waals surface area contributed by atoms with Crippen LogP contribution >= 0.6 is 0 Å². The zero-order valence-electron chi connectivity index (χ0n) is 18.5. The van der Waals surface area contributed by atoms with Crippen LogP contribution in [0.1, 0.15) is 34.3 Å². The molecule has 0 amide bonds. The van der Waals surface area contributed by atoms with E-state index < -0.39 is 0 Å². The van der Waals surface area contributed by atoms with E-state index in [9.17, 15) is 5.26 Å². The Morgan fingerprint density at radius 2 is 1.94 bits per heavy atom. The Kier molecular flexibility index (Phi) is 7.05. The van der Waals surface area contributed by atoms with Gasteiger partial charge in [-0.05, 0) is 31.0 Å².